The Hall–Kier alpha value is -1.21. The maximum atomic E-state index is 13.2. The van der Waals surface area contributed by atoms with Crippen molar-refractivity contribution in [2.75, 3.05) is 5.32 Å². The highest BCUT2D eigenvalue weighted by atomic mass is 32.2. The third kappa shape index (κ3) is 5.39. The van der Waals surface area contributed by atoms with Gasteiger partial charge in [-0.25, -0.2) is 8.78 Å². The molecule has 1 aliphatic rings. The molecule has 0 fully saturated rings. The minimum atomic E-state index is -2.69. The SMILES string of the molecule is CCCC(C)SC(C)c1ccccc1NC(=O)C1=C(C(F)F)NC(C)S1. The molecule has 3 unspecified atom stereocenters. The summed E-state index contributed by atoms with van der Waals surface area (Å²) in [6, 6.07) is 7.59. The summed E-state index contributed by atoms with van der Waals surface area (Å²) in [7, 11) is 0. The fraction of sp³-hybridized carbons (Fsp3) is 0.526. The Morgan fingerprint density at radius 2 is 2.04 bits per heavy atom. The Balaban J connectivity index is 2.17. The summed E-state index contributed by atoms with van der Waals surface area (Å²) in [5.41, 5.74) is 1.41. The van der Waals surface area contributed by atoms with Crippen LogP contribution in [0.4, 0.5) is 14.5 Å². The Bertz CT molecular complexity index is 667. The van der Waals surface area contributed by atoms with Gasteiger partial charge in [-0.05, 0) is 31.9 Å². The van der Waals surface area contributed by atoms with Crippen LogP contribution in [0.1, 0.15) is 51.3 Å². The third-order valence-corrected chi connectivity index (χ3v) is 6.58. The van der Waals surface area contributed by atoms with E-state index in [4.69, 9.17) is 0 Å². The zero-order valence-corrected chi connectivity index (χ0v) is 17.1. The van der Waals surface area contributed by atoms with Crippen molar-refractivity contribution in [2.45, 2.75) is 62.8 Å². The maximum absolute atomic E-state index is 13.2. The van der Waals surface area contributed by atoms with Crippen LogP contribution in [0.15, 0.2) is 34.9 Å². The second-order valence-corrected chi connectivity index (χ2v) is 9.50. The fourth-order valence-corrected chi connectivity index (χ4v) is 5.33. The summed E-state index contributed by atoms with van der Waals surface area (Å²) in [4.78, 5) is 12.7. The number of thioether (sulfide) groups is 2. The molecule has 2 rings (SSSR count). The lowest BCUT2D eigenvalue weighted by atomic mass is 10.1. The van der Waals surface area contributed by atoms with Gasteiger partial charge in [0.25, 0.3) is 12.3 Å². The predicted molar refractivity (Wildman–Crippen MR) is 109 cm³/mol. The molecule has 1 aromatic carbocycles. The van der Waals surface area contributed by atoms with E-state index in [1.807, 2.05) is 36.0 Å². The first-order valence-corrected chi connectivity index (χ1v) is 10.7. The van der Waals surface area contributed by atoms with Crippen molar-refractivity contribution in [2.24, 2.45) is 0 Å². The van der Waals surface area contributed by atoms with Crippen LogP contribution < -0.4 is 10.6 Å². The van der Waals surface area contributed by atoms with Crippen LogP contribution in [0, 0.1) is 0 Å². The molecule has 1 amide bonds. The van der Waals surface area contributed by atoms with Crippen LogP contribution in [0.2, 0.25) is 0 Å². The van der Waals surface area contributed by atoms with Gasteiger partial charge >= 0.3 is 0 Å². The molecule has 0 radical (unpaired) electrons. The smallest absolute Gasteiger partial charge is 0.279 e. The number of halogens is 2. The van der Waals surface area contributed by atoms with Gasteiger partial charge in [0.1, 0.15) is 0 Å². The van der Waals surface area contributed by atoms with Crippen LogP contribution in [0.25, 0.3) is 0 Å². The Morgan fingerprint density at radius 3 is 2.69 bits per heavy atom. The van der Waals surface area contributed by atoms with Gasteiger partial charge in [0.15, 0.2) is 0 Å². The lowest BCUT2D eigenvalue weighted by Crippen LogP contribution is -2.22. The molecule has 0 bridgehead atoms. The Labute approximate surface area is 162 Å². The highest BCUT2D eigenvalue weighted by molar-refractivity contribution is 8.04. The molecule has 1 aromatic rings. The number of para-hydroxylation sites is 1. The summed E-state index contributed by atoms with van der Waals surface area (Å²) in [5.74, 6) is -0.478. The van der Waals surface area contributed by atoms with Gasteiger partial charge in [0, 0.05) is 16.2 Å². The molecule has 0 saturated carbocycles. The molecule has 26 heavy (non-hydrogen) atoms. The number of benzene rings is 1. The Kier molecular flexibility index (Phi) is 7.83. The lowest BCUT2D eigenvalue weighted by molar-refractivity contribution is -0.112. The van der Waals surface area contributed by atoms with Crippen molar-refractivity contribution in [1.82, 2.24) is 5.32 Å². The van der Waals surface area contributed by atoms with E-state index in [9.17, 15) is 13.6 Å². The van der Waals surface area contributed by atoms with Gasteiger partial charge in [-0.3, -0.25) is 4.79 Å². The highest BCUT2D eigenvalue weighted by Crippen LogP contribution is 2.38. The third-order valence-electron chi connectivity index (χ3n) is 4.10. The van der Waals surface area contributed by atoms with Gasteiger partial charge in [0.2, 0.25) is 0 Å². The van der Waals surface area contributed by atoms with Crippen molar-refractivity contribution in [3.8, 4) is 0 Å². The molecule has 3 nitrogen and oxygen atoms in total. The molecule has 1 aliphatic heterocycles. The van der Waals surface area contributed by atoms with Crippen molar-refractivity contribution in [3.05, 3.63) is 40.4 Å². The second kappa shape index (κ2) is 9.65. The van der Waals surface area contributed by atoms with Gasteiger partial charge in [-0.2, -0.15) is 11.8 Å². The summed E-state index contributed by atoms with van der Waals surface area (Å²) in [6.07, 6.45) is -0.423. The lowest BCUT2D eigenvalue weighted by Gasteiger charge is -2.20. The molecule has 0 aliphatic carbocycles. The number of allylic oxidation sites excluding steroid dienone is 1. The quantitative estimate of drug-likeness (QED) is 0.581. The molecule has 0 aromatic heterocycles. The first-order valence-electron chi connectivity index (χ1n) is 8.84. The summed E-state index contributed by atoms with van der Waals surface area (Å²) in [5, 5.41) is 5.99. The first-order chi connectivity index (χ1) is 12.3. The molecule has 0 spiro atoms. The number of anilines is 1. The van der Waals surface area contributed by atoms with Gasteiger partial charge in [-0.1, -0.05) is 50.2 Å². The zero-order valence-electron chi connectivity index (χ0n) is 15.5. The molecule has 144 valence electrons. The normalized spacial score (nSPS) is 19.4. The summed E-state index contributed by atoms with van der Waals surface area (Å²) >= 11 is 2.99. The number of nitrogens with one attached hydrogen (secondary N) is 2. The monoisotopic (exact) mass is 400 g/mol. The van der Waals surface area contributed by atoms with Gasteiger partial charge in [0.05, 0.1) is 16.0 Å². The molecule has 3 atom stereocenters. The molecular formula is C19H26F2N2OS2. The first kappa shape index (κ1) is 21.1. The molecular weight excluding hydrogens is 374 g/mol. The van der Waals surface area contributed by atoms with Crippen molar-refractivity contribution in [3.63, 3.8) is 0 Å². The minimum absolute atomic E-state index is 0.0713. The number of hydrogen-bond donors (Lipinski definition) is 2. The number of amides is 1. The minimum Gasteiger partial charge on any atom is -0.371 e. The van der Waals surface area contributed by atoms with E-state index >= 15 is 0 Å². The summed E-state index contributed by atoms with van der Waals surface area (Å²) in [6.45, 7) is 8.24. The topological polar surface area (TPSA) is 41.1 Å². The highest BCUT2D eigenvalue weighted by Gasteiger charge is 2.31. The van der Waals surface area contributed by atoms with E-state index < -0.39 is 12.3 Å². The van der Waals surface area contributed by atoms with E-state index in [0.29, 0.717) is 10.9 Å². The average Bonchev–Trinajstić information content (AvgIpc) is 2.98. The zero-order chi connectivity index (χ0) is 19.3. The number of carbonyl (C=O) groups is 1. The number of carbonyl (C=O) groups excluding carboxylic acids is 1. The van der Waals surface area contributed by atoms with Gasteiger partial charge in [-0.15, -0.1) is 0 Å². The standard InChI is InChI=1S/C19H26F2N2OS2/c1-5-8-11(2)25-12(3)14-9-6-7-10-15(14)23-19(24)17-16(18(20)21)22-13(4)26-17/h6-7,9-13,18,22H,5,8H2,1-4H3,(H,23,24). The predicted octanol–water partition coefficient (Wildman–Crippen LogP) is 5.77. The van der Waals surface area contributed by atoms with E-state index in [1.54, 1.807) is 6.92 Å². The summed E-state index contributed by atoms with van der Waals surface area (Å²) < 4.78 is 26.3. The van der Waals surface area contributed by atoms with Crippen LogP contribution >= 0.6 is 23.5 Å². The van der Waals surface area contributed by atoms with Crippen LogP contribution in [0.5, 0.6) is 0 Å². The van der Waals surface area contributed by atoms with E-state index in [1.165, 1.54) is 0 Å². The molecule has 1 heterocycles. The number of alkyl halides is 2. The number of hydrogen-bond acceptors (Lipinski definition) is 4. The molecule has 0 saturated heterocycles. The largest absolute Gasteiger partial charge is 0.371 e. The van der Waals surface area contributed by atoms with Crippen molar-refractivity contribution < 1.29 is 13.6 Å². The maximum Gasteiger partial charge on any atom is 0.279 e. The second-order valence-electron chi connectivity index (χ2n) is 6.37. The van der Waals surface area contributed by atoms with Crippen molar-refractivity contribution >= 4 is 35.1 Å². The van der Waals surface area contributed by atoms with E-state index in [-0.39, 0.29) is 21.2 Å². The van der Waals surface area contributed by atoms with Crippen molar-refractivity contribution in [1.29, 1.82) is 0 Å². The molecule has 2 N–H and O–H groups in total. The van der Waals surface area contributed by atoms with E-state index in [2.05, 4.69) is 31.4 Å². The molecule has 7 heteroatoms. The van der Waals surface area contributed by atoms with Crippen LogP contribution in [0.3, 0.4) is 0 Å². The van der Waals surface area contributed by atoms with E-state index in [0.717, 1.165) is 30.2 Å². The Morgan fingerprint density at radius 1 is 1.35 bits per heavy atom. The number of rotatable bonds is 8. The van der Waals surface area contributed by atoms with Gasteiger partial charge < -0.3 is 10.6 Å². The average molecular weight is 401 g/mol. The van der Waals surface area contributed by atoms with Crippen LogP contribution in [-0.2, 0) is 4.79 Å². The van der Waals surface area contributed by atoms with Crippen LogP contribution in [-0.4, -0.2) is 23.0 Å². The fourth-order valence-electron chi connectivity index (χ4n) is 2.93.